The lowest BCUT2D eigenvalue weighted by Crippen LogP contribution is -2.15. The summed E-state index contributed by atoms with van der Waals surface area (Å²) in [6.07, 6.45) is 0.263. The lowest BCUT2D eigenvalue weighted by Gasteiger charge is -2.11. The molecule has 0 fully saturated rings. The van der Waals surface area contributed by atoms with Gasteiger partial charge in [0, 0.05) is 11.4 Å². The smallest absolute Gasteiger partial charge is 0.228 e. The lowest BCUT2D eigenvalue weighted by atomic mass is 10.00. The maximum atomic E-state index is 12.3. The highest BCUT2D eigenvalue weighted by atomic mass is 16.3. The number of phenols is 1. The maximum absolute atomic E-state index is 12.3. The minimum absolute atomic E-state index is 0.0881. The summed E-state index contributed by atoms with van der Waals surface area (Å²) in [6, 6.07) is 18.6. The molecule has 0 aliphatic rings. The molecule has 3 rings (SSSR count). The van der Waals surface area contributed by atoms with Crippen molar-refractivity contribution in [2.24, 2.45) is 0 Å². The molecule has 0 radical (unpaired) electrons. The summed E-state index contributed by atoms with van der Waals surface area (Å²) < 4.78 is 0. The Morgan fingerprint density at radius 1 is 0.893 bits per heavy atom. The van der Waals surface area contributed by atoms with Gasteiger partial charge in [-0.2, -0.15) is 0 Å². The van der Waals surface area contributed by atoms with Crippen molar-refractivity contribution in [3.63, 3.8) is 0 Å². The number of rotatable bonds is 4. The molecule has 3 aromatic rings. The van der Waals surface area contributed by atoms with Crippen LogP contribution in [0.25, 0.3) is 11.1 Å². The quantitative estimate of drug-likeness (QED) is 0.529. The van der Waals surface area contributed by atoms with Crippen LogP contribution in [0.5, 0.6) is 5.75 Å². The van der Waals surface area contributed by atoms with Gasteiger partial charge in [-0.05, 0) is 78.1 Å². The van der Waals surface area contributed by atoms with Crippen LogP contribution in [-0.2, 0) is 11.2 Å². The minimum Gasteiger partial charge on any atom is -0.508 e. The predicted octanol–water partition coefficient (Wildman–Crippen LogP) is 5.47. The van der Waals surface area contributed by atoms with E-state index in [-0.39, 0.29) is 18.1 Å². The fourth-order valence-electron chi connectivity index (χ4n) is 2.83. The van der Waals surface area contributed by atoms with Gasteiger partial charge in [0.2, 0.25) is 5.91 Å². The summed E-state index contributed by atoms with van der Waals surface area (Å²) >= 11 is 0. The van der Waals surface area contributed by atoms with E-state index in [9.17, 15) is 9.90 Å². The Morgan fingerprint density at radius 2 is 1.46 bits per heavy atom. The summed E-state index contributed by atoms with van der Waals surface area (Å²) in [5, 5.41) is 12.3. The van der Waals surface area contributed by atoms with E-state index in [2.05, 4.69) is 17.4 Å². The second-order valence-electron chi connectivity index (χ2n) is 6.49. The number of anilines is 2. The molecule has 0 atom stereocenters. The summed E-state index contributed by atoms with van der Waals surface area (Å²) in [7, 11) is 0. The maximum Gasteiger partial charge on any atom is 0.228 e. The first-order valence-corrected chi connectivity index (χ1v) is 9.47. The molecule has 0 saturated carbocycles. The molecule has 0 aliphatic heterocycles. The van der Waals surface area contributed by atoms with Crippen molar-refractivity contribution in [2.45, 2.75) is 34.1 Å². The van der Waals surface area contributed by atoms with Crippen LogP contribution in [0.3, 0.4) is 0 Å². The van der Waals surface area contributed by atoms with Crippen molar-refractivity contribution in [3.8, 4) is 16.9 Å². The van der Waals surface area contributed by atoms with E-state index in [4.69, 9.17) is 5.73 Å². The van der Waals surface area contributed by atoms with Crippen LogP contribution in [0.2, 0.25) is 0 Å². The Bertz CT molecular complexity index is 947. The minimum atomic E-state index is -0.0881. The largest absolute Gasteiger partial charge is 0.508 e. The molecule has 0 aromatic heterocycles. The standard InChI is InChI=1S/C22H22N2O2.C2H6/c1-14-11-17(5-9-20(14)23)18-6-10-21(15(2)12-18)24-22(26)13-16-3-7-19(25)8-4-16;1-2/h3-12,25H,13,23H2,1-2H3,(H,24,26);1-2H3. The van der Waals surface area contributed by atoms with Crippen LogP contribution in [0.15, 0.2) is 60.7 Å². The monoisotopic (exact) mass is 376 g/mol. The van der Waals surface area contributed by atoms with Gasteiger partial charge >= 0.3 is 0 Å². The highest BCUT2D eigenvalue weighted by molar-refractivity contribution is 5.93. The van der Waals surface area contributed by atoms with E-state index in [1.54, 1.807) is 24.3 Å². The molecule has 28 heavy (non-hydrogen) atoms. The molecule has 3 aromatic carbocycles. The van der Waals surface area contributed by atoms with Gasteiger partial charge in [0.1, 0.15) is 5.75 Å². The van der Waals surface area contributed by atoms with E-state index >= 15 is 0 Å². The number of aryl methyl sites for hydroxylation is 2. The van der Waals surface area contributed by atoms with Crippen LogP contribution in [0.1, 0.15) is 30.5 Å². The lowest BCUT2D eigenvalue weighted by molar-refractivity contribution is -0.115. The Labute approximate surface area is 167 Å². The number of nitrogens with two attached hydrogens (primary N) is 1. The zero-order chi connectivity index (χ0) is 20.7. The van der Waals surface area contributed by atoms with E-state index in [1.807, 2.05) is 52.0 Å². The van der Waals surface area contributed by atoms with Crippen molar-refractivity contribution in [1.29, 1.82) is 0 Å². The molecule has 0 bridgehead atoms. The summed E-state index contributed by atoms with van der Waals surface area (Å²) in [5.41, 5.74) is 12.5. The molecule has 4 heteroatoms. The molecule has 0 aliphatic carbocycles. The average Bonchev–Trinajstić information content (AvgIpc) is 2.69. The van der Waals surface area contributed by atoms with Gasteiger partial charge in [-0.3, -0.25) is 4.79 Å². The third-order valence-corrected chi connectivity index (χ3v) is 4.40. The number of carbonyl (C=O) groups excluding carboxylic acids is 1. The van der Waals surface area contributed by atoms with Crippen molar-refractivity contribution in [2.75, 3.05) is 11.1 Å². The van der Waals surface area contributed by atoms with E-state index in [0.29, 0.717) is 0 Å². The zero-order valence-electron chi connectivity index (χ0n) is 16.9. The number of hydrogen-bond donors (Lipinski definition) is 3. The highest BCUT2D eigenvalue weighted by Crippen LogP contribution is 2.27. The number of nitrogens with one attached hydrogen (secondary N) is 1. The molecule has 146 valence electrons. The number of phenolic OH excluding ortho intramolecular Hbond substituents is 1. The first-order valence-electron chi connectivity index (χ1n) is 9.47. The normalized spacial score (nSPS) is 10.0. The number of carbonyl (C=O) groups is 1. The van der Waals surface area contributed by atoms with E-state index < -0.39 is 0 Å². The summed E-state index contributed by atoms with van der Waals surface area (Å²) in [4.78, 5) is 12.3. The second-order valence-corrected chi connectivity index (χ2v) is 6.49. The number of nitrogen functional groups attached to an aromatic ring is 1. The third kappa shape index (κ3) is 5.36. The van der Waals surface area contributed by atoms with Crippen LogP contribution in [-0.4, -0.2) is 11.0 Å². The van der Waals surface area contributed by atoms with Crippen LogP contribution >= 0.6 is 0 Å². The molecule has 0 heterocycles. The SMILES string of the molecule is CC.Cc1cc(-c2ccc(NC(=O)Cc3ccc(O)cc3)c(C)c2)ccc1N. The van der Waals surface area contributed by atoms with Crippen molar-refractivity contribution in [1.82, 2.24) is 0 Å². The van der Waals surface area contributed by atoms with Crippen molar-refractivity contribution in [3.05, 3.63) is 77.4 Å². The van der Waals surface area contributed by atoms with Gasteiger partial charge in [-0.25, -0.2) is 0 Å². The number of aromatic hydroxyl groups is 1. The highest BCUT2D eigenvalue weighted by Gasteiger charge is 2.08. The number of hydrogen-bond acceptors (Lipinski definition) is 3. The number of benzene rings is 3. The van der Waals surface area contributed by atoms with Crippen LogP contribution in [0, 0.1) is 13.8 Å². The molecule has 0 saturated heterocycles. The fraction of sp³-hybridized carbons (Fsp3) is 0.208. The summed E-state index contributed by atoms with van der Waals surface area (Å²) in [6.45, 7) is 7.97. The van der Waals surface area contributed by atoms with E-state index in [0.717, 1.165) is 39.2 Å². The van der Waals surface area contributed by atoms with Crippen molar-refractivity contribution >= 4 is 17.3 Å². The van der Waals surface area contributed by atoms with Gasteiger partial charge in [-0.15, -0.1) is 0 Å². The van der Waals surface area contributed by atoms with Gasteiger partial charge < -0.3 is 16.2 Å². The first kappa shape index (κ1) is 21.0. The molecule has 4 nitrogen and oxygen atoms in total. The first-order chi connectivity index (χ1) is 13.4. The van der Waals surface area contributed by atoms with E-state index in [1.165, 1.54) is 0 Å². The Hall–Kier alpha value is -3.27. The van der Waals surface area contributed by atoms with Gasteiger partial charge in [0.25, 0.3) is 0 Å². The zero-order valence-corrected chi connectivity index (χ0v) is 16.9. The third-order valence-electron chi connectivity index (χ3n) is 4.40. The molecular weight excluding hydrogens is 348 g/mol. The average molecular weight is 377 g/mol. The molecule has 4 N–H and O–H groups in total. The van der Waals surface area contributed by atoms with Crippen LogP contribution in [0.4, 0.5) is 11.4 Å². The Kier molecular flexibility index (Phi) is 7.21. The molecule has 0 spiro atoms. The number of amides is 1. The Morgan fingerprint density at radius 3 is 2.04 bits per heavy atom. The Balaban J connectivity index is 0.00000136. The second kappa shape index (κ2) is 9.60. The topological polar surface area (TPSA) is 75.3 Å². The molecular formula is C24H28N2O2. The summed E-state index contributed by atoms with van der Waals surface area (Å²) in [5.74, 6) is 0.105. The van der Waals surface area contributed by atoms with Crippen molar-refractivity contribution < 1.29 is 9.90 Å². The van der Waals surface area contributed by atoms with Gasteiger partial charge in [0.15, 0.2) is 0 Å². The van der Waals surface area contributed by atoms with Gasteiger partial charge in [-0.1, -0.05) is 38.1 Å². The van der Waals surface area contributed by atoms with Gasteiger partial charge in [0.05, 0.1) is 6.42 Å². The predicted molar refractivity (Wildman–Crippen MR) is 118 cm³/mol. The fourth-order valence-corrected chi connectivity index (χ4v) is 2.83. The molecule has 0 unspecified atom stereocenters. The van der Waals surface area contributed by atoms with Crippen LogP contribution < -0.4 is 11.1 Å². The molecule has 1 amide bonds.